The highest BCUT2D eigenvalue weighted by atomic mass is 19.1. The summed E-state index contributed by atoms with van der Waals surface area (Å²) in [5, 5.41) is 2.91. The zero-order valence-electron chi connectivity index (χ0n) is 21.4. The van der Waals surface area contributed by atoms with Gasteiger partial charge in [0.1, 0.15) is 17.7 Å². The van der Waals surface area contributed by atoms with Crippen LogP contribution in [0.25, 0.3) is 0 Å². The Balaban J connectivity index is 1.46. The molecule has 0 saturated heterocycles. The van der Waals surface area contributed by atoms with Gasteiger partial charge in [-0.05, 0) is 59.5 Å². The van der Waals surface area contributed by atoms with Crippen molar-refractivity contribution in [3.63, 3.8) is 0 Å². The summed E-state index contributed by atoms with van der Waals surface area (Å²) in [5.41, 5.74) is 3.90. The normalized spacial score (nSPS) is 13.0. The van der Waals surface area contributed by atoms with Crippen LogP contribution >= 0.6 is 0 Å². The van der Waals surface area contributed by atoms with Crippen molar-refractivity contribution in [2.24, 2.45) is 0 Å². The van der Waals surface area contributed by atoms with Crippen LogP contribution in [0.2, 0.25) is 0 Å². The Kier molecular flexibility index (Phi) is 7.96. The topological polar surface area (TPSA) is 52.7 Å². The molecule has 4 aromatic rings. The molecule has 0 fully saturated rings. The second-order valence-corrected chi connectivity index (χ2v) is 9.52. The Morgan fingerprint density at radius 2 is 1.59 bits per heavy atom. The van der Waals surface area contributed by atoms with E-state index < -0.39 is 23.6 Å². The minimum Gasteiger partial charge on any atom is -0.370 e. The van der Waals surface area contributed by atoms with E-state index in [-0.39, 0.29) is 24.6 Å². The van der Waals surface area contributed by atoms with Gasteiger partial charge in [0.25, 0.3) is 0 Å². The monoisotopic (exact) mass is 525 g/mol. The molecule has 2 amide bonds. The lowest BCUT2D eigenvalue weighted by molar-refractivity contribution is -0.126. The molecule has 5 nitrogen and oxygen atoms in total. The average Bonchev–Trinajstić information content (AvgIpc) is 3.37. The standard InChI is InChI=1S/C32H29F2N3O2/c33-26-15-13-25(14-16-26)31(32(39)35-22-23-7-2-1-3-8-23)37(28-11-6-10-27(34)21-28)30(38)18-20-36-19-17-24-9-4-5-12-29(24)36/h1-16,21,31H,17-20,22H2,(H,35,39)/t31-/m1/s1. The second kappa shape index (κ2) is 11.9. The van der Waals surface area contributed by atoms with E-state index in [9.17, 15) is 18.4 Å². The number of amides is 2. The Morgan fingerprint density at radius 1 is 0.846 bits per heavy atom. The fourth-order valence-corrected chi connectivity index (χ4v) is 5.00. The zero-order chi connectivity index (χ0) is 27.2. The first-order chi connectivity index (χ1) is 19.0. The van der Waals surface area contributed by atoms with Crippen LogP contribution in [0.1, 0.15) is 29.2 Å². The van der Waals surface area contributed by atoms with Crippen molar-refractivity contribution in [2.45, 2.75) is 25.4 Å². The van der Waals surface area contributed by atoms with Crippen molar-refractivity contribution in [1.29, 1.82) is 0 Å². The van der Waals surface area contributed by atoms with Gasteiger partial charge in [0.15, 0.2) is 0 Å². The number of carbonyl (C=O) groups excluding carboxylic acids is 2. The maximum Gasteiger partial charge on any atom is 0.248 e. The highest BCUT2D eigenvalue weighted by molar-refractivity contribution is 6.01. The molecule has 4 aromatic carbocycles. The maximum atomic E-state index is 14.4. The molecule has 0 aromatic heterocycles. The van der Waals surface area contributed by atoms with Gasteiger partial charge in [-0.3, -0.25) is 14.5 Å². The molecule has 1 aliphatic heterocycles. The zero-order valence-corrected chi connectivity index (χ0v) is 21.4. The van der Waals surface area contributed by atoms with Gasteiger partial charge in [-0.15, -0.1) is 0 Å². The third-order valence-corrected chi connectivity index (χ3v) is 6.94. The molecule has 0 unspecified atom stereocenters. The van der Waals surface area contributed by atoms with Gasteiger partial charge < -0.3 is 10.2 Å². The molecule has 5 rings (SSSR count). The summed E-state index contributed by atoms with van der Waals surface area (Å²) in [6.45, 7) is 1.49. The molecule has 1 aliphatic rings. The van der Waals surface area contributed by atoms with Gasteiger partial charge in [-0.1, -0.05) is 66.7 Å². The number of halogens is 2. The summed E-state index contributed by atoms with van der Waals surface area (Å²) >= 11 is 0. The Bertz CT molecular complexity index is 1440. The lowest BCUT2D eigenvalue weighted by atomic mass is 10.0. The van der Waals surface area contributed by atoms with E-state index in [2.05, 4.69) is 16.3 Å². The number of fused-ring (bicyclic) bond motifs is 1. The van der Waals surface area contributed by atoms with Crippen molar-refractivity contribution in [1.82, 2.24) is 5.32 Å². The summed E-state index contributed by atoms with van der Waals surface area (Å²) in [7, 11) is 0. The van der Waals surface area contributed by atoms with Crippen molar-refractivity contribution in [2.75, 3.05) is 22.9 Å². The molecule has 1 heterocycles. The van der Waals surface area contributed by atoms with Crippen LogP contribution < -0.4 is 15.1 Å². The molecular weight excluding hydrogens is 496 g/mol. The minimum absolute atomic E-state index is 0.106. The molecule has 7 heteroatoms. The second-order valence-electron chi connectivity index (χ2n) is 9.52. The highest BCUT2D eigenvalue weighted by Crippen LogP contribution is 2.31. The van der Waals surface area contributed by atoms with E-state index in [4.69, 9.17) is 0 Å². The number of hydrogen-bond acceptors (Lipinski definition) is 3. The van der Waals surface area contributed by atoms with Crippen LogP contribution in [0, 0.1) is 11.6 Å². The smallest absolute Gasteiger partial charge is 0.248 e. The Labute approximate surface area is 226 Å². The lowest BCUT2D eigenvalue weighted by Gasteiger charge is -2.32. The molecule has 0 aliphatic carbocycles. The number of para-hydroxylation sites is 1. The van der Waals surface area contributed by atoms with Gasteiger partial charge in [-0.25, -0.2) is 8.78 Å². The first-order valence-corrected chi connectivity index (χ1v) is 13.0. The van der Waals surface area contributed by atoms with E-state index >= 15 is 0 Å². The van der Waals surface area contributed by atoms with E-state index in [1.54, 1.807) is 6.07 Å². The first kappa shape index (κ1) is 26.1. The van der Waals surface area contributed by atoms with E-state index in [0.717, 1.165) is 24.2 Å². The number of rotatable bonds is 9. The summed E-state index contributed by atoms with van der Waals surface area (Å²) in [6.07, 6.45) is 1.01. The highest BCUT2D eigenvalue weighted by Gasteiger charge is 2.33. The van der Waals surface area contributed by atoms with Gasteiger partial charge in [0.2, 0.25) is 11.8 Å². The molecule has 1 atom stereocenters. The summed E-state index contributed by atoms with van der Waals surface area (Å²) in [5.74, 6) is -1.77. The quantitative estimate of drug-likeness (QED) is 0.300. The molecule has 0 bridgehead atoms. The summed E-state index contributed by atoms with van der Waals surface area (Å²) in [6, 6.07) is 27.5. The fourth-order valence-electron chi connectivity index (χ4n) is 5.00. The number of benzene rings is 4. The van der Waals surface area contributed by atoms with Crippen molar-refractivity contribution < 1.29 is 18.4 Å². The van der Waals surface area contributed by atoms with E-state index in [1.165, 1.54) is 52.9 Å². The SMILES string of the molecule is O=C(NCc1ccccc1)[C@@H](c1ccc(F)cc1)N(C(=O)CCN1CCc2ccccc21)c1cccc(F)c1. The van der Waals surface area contributed by atoms with Gasteiger partial charge in [0.05, 0.1) is 0 Å². The molecule has 198 valence electrons. The molecule has 0 saturated carbocycles. The number of hydrogen-bond donors (Lipinski definition) is 1. The minimum atomic E-state index is -1.13. The maximum absolute atomic E-state index is 14.4. The van der Waals surface area contributed by atoms with Gasteiger partial charge in [-0.2, -0.15) is 0 Å². The van der Waals surface area contributed by atoms with Gasteiger partial charge in [0, 0.05) is 37.4 Å². The van der Waals surface area contributed by atoms with Crippen LogP contribution in [0.3, 0.4) is 0 Å². The molecule has 0 spiro atoms. The number of nitrogens with zero attached hydrogens (tertiary/aromatic N) is 2. The van der Waals surface area contributed by atoms with Crippen molar-refractivity contribution in [3.05, 3.63) is 131 Å². The van der Waals surface area contributed by atoms with Crippen LogP contribution in [0.4, 0.5) is 20.2 Å². The average molecular weight is 526 g/mol. The Morgan fingerprint density at radius 3 is 2.36 bits per heavy atom. The van der Waals surface area contributed by atoms with Crippen LogP contribution in [0.5, 0.6) is 0 Å². The third kappa shape index (κ3) is 6.14. The number of nitrogens with one attached hydrogen (secondary N) is 1. The van der Waals surface area contributed by atoms with E-state index in [1.807, 2.05) is 48.5 Å². The molecular formula is C32H29F2N3O2. The summed E-state index contributed by atoms with van der Waals surface area (Å²) in [4.78, 5) is 31.1. The predicted octanol–water partition coefficient (Wildman–Crippen LogP) is 5.81. The molecule has 0 radical (unpaired) electrons. The van der Waals surface area contributed by atoms with Crippen LogP contribution in [-0.2, 0) is 22.6 Å². The fraction of sp³-hybridized carbons (Fsp3) is 0.188. The lowest BCUT2D eigenvalue weighted by Crippen LogP contribution is -2.44. The molecule has 1 N–H and O–H groups in total. The largest absolute Gasteiger partial charge is 0.370 e. The Hall–Kier alpha value is -4.52. The molecule has 39 heavy (non-hydrogen) atoms. The van der Waals surface area contributed by atoms with Crippen LogP contribution in [0.15, 0.2) is 103 Å². The van der Waals surface area contributed by atoms with Crippen molar-refractivity contribution in [3.8, 4) is 0 Å². The van der Waals surface area contributed by atoms with E-state index in [0.29, 0.717) is 12.1 Å². The number of anilines is 2. The number of carbonyl (C=O) groups is 2. The van der Waals surface area contributed by atoms with Gasteiger partial charge >= 0.3 is 0 Å². The van der Waals surface area contributed by atoms with Crippen molar-refractivity contribution >= 4 is 23.2 Å². The first-order valence-electron chi connectivity index (χ1n) is 13.0. The predicted molar refractivity (Wildman–Crippen MR) is 148 cm³/mol. The van der Waals surface area contributed by atoms with Crippen LogP contribution in [-0.4, -0.2) is 24.9 Å². The summed E-state index contributed by atoms with van der Waals surface area (Å²) < 4.78 is 28.2. The third-order valence-electron chi connectivity index (χ3n) is 6.94.